The Balaban J connectivity index is 1.55. The van der Waals surface area contributed by atoms with Gasteiger partial charge in [0, 0.05) is 33.1 Å². The van der Waals surface area contributed by atoms with E-state index in [1.807, 2.05) is 23.1 Å². The Kier molecular flexibility index (Phi) is 4.94. The number of benzene rings is 1. The van der Waals surface area contributed by atoms with E-state index in [4.69, 9.17) is 4.42 Å². The van der Waals surface area contributed by atoms with Crippen molar-refractivity contribution in [1.82, 2.24) is 20.0 Å². The van der Waals surface area contributed by atoms with E-state index < -0.39 is 0 Å². The third-order valence-corrected chi connectivity index (χ3v) is 4.72. The van der Waals surface area contributed by atoms with E-state index in [2.05, 4.69) is 35.0 Å². The second-order valence-electron chi connectivity index (χ2n) is 6.36. The van der Waals surface area contributed by atoms with E-state index in [1.165, 1.54) is 5.56 Å². The summed E-state index contributed by atoms with van der Waals surface area (Å²) in [7, 11) is 0. The number of hydrogen-bond acceptors (Lipinski definition) is 5. The topological polar surface area (TPSA) is 62.5 Å². The van der Waals surface area contributed by atoms with Gasteiger partial charge < -0.3 is 9.32 Å². The van der Waals surface area contributed by atoms with Gasteiger partial charge in [-0.25, -0.2) is 0 Å². The van der Waals surface area contributed by atoms with Crippen LogP contribution in [0.2, 0.25) is 0 Å². The number of carbonyl (C=O) groups excluding carboxylic acids is 1. The summed E-state index contributed by atoms with van der Waals surface area (Å²) in [6.07, 6.45) is 0.477. The molecule has 1 amide bonds. The summed E-state index contributed by atoms with van der Waals surface area (Å²) in [6.45, 7) is 9.03. The van der Waals surface area contributed by atoms with Gasteiger partial charge in [0.2, 0.25) is 17.7 Å². The standard InChI is InChI=1S/C18H24N4O2/c1-13-6-4-5-7-16(13)12-17(23)22-10-8-21(9-11-22)14(2)18-20-19-15(3)24-18/h4-7,14H,8-12H2,1-3H3/t14-/m0/s1. The SMILES string of the molecule is Cc1nnc([C@H](C)N2CCN(C(=O)Cc3ccccc3C)CC2)o1. The number of aryl methyl sites for hydroxylation is 2. The molecule has 3 rings (SSSR count). The molecule has 2 aromatic rings. The predicted octanol–water partition coefficient (Wildman–Crippen LogP) is 2.13. The average molecular weight is 328 g/mol. The van der Waals surface area contributed by atoms with Crippen molar-refractivity contribution in [3.63, 3.8) is 0 Å². The first-order chi connectivity index (χ1) is 11.5. The van der Waals surface area contributed by atoms with Gasteiger partial charge in [-0.15, -0.1) is 10.2 Å². The first kappa shape index (κ1) is 16.6. The molecule has 24 heavy (non-hydrogen) atoms. The van der Waals surface area contributed by atoms with E-state index in [0.717, 1.165) is 31.7 Å². The molecule has 0 N–H and O–H groups in total. The van der Waals surface area contributed by atoms with Crippen molar-refractivity contribution in [3.8, 4) is 0 Å². The lowest BCUT2D eigenvalue weighted by molar-refractivity contribution is -0.132. The summed E-state index contributed by atoms with van der Waals surface area (Å²) in [5, 5.41) is 7.99. The Bertz CT molecular complexity index is 705. The maximum absolute atomic E-state index is 12.5. The third-order valence-electron chi connectivity index (χ3n) is 4.72. The Morgan fingerprint density at radius 1 is 1.17 bits per heavy atom. The summed E-state index contributed by atoms with van der Waals surface area (Å²) in [6, 6.07) is 8.16. The molecule has 6 heteroatoms. The zero-order chi connectivity index (χ0) is 17.1. The molecule has 1 aromatic carbocycles. The van der Waals surface area contributed by atoms with Crippen LogP contribution in [0.25, 0.3) is 0 Å². The molecule has 1 aromatic heterocycles. The monoisotopic (exact) mass is 328 g/mol. The minimum Gasteiger partial charge on any atom is -0.424 e. The first-order valence-corrected chi connectivity index (χ1v) is 8.41. The fourth-order valence-electron chi connectivity index (χ4n) is 3.08. The van der Waals surface area contributed by atoms with Crippen LogP contribution >= 0.6 is 0 Å². The van der Waals surface area contributed by atoms with Crippen molar-refractivity contribution in [2.45, 2.75) is 33.2 Å². The second kappa shape index (κ2) is 7.13. The number of amides is 1. The van der Waals surface area contributed by atoms with Crippen molar-refractivity contribution >= 4 is 5.91 Å². The van der Waals surface area contributed by atoms with Crippen LogP contribution < -0.4 is 0 Å². The van der Waals surface area contributed by atoms with Crippen LogP contribution in [0.4, 0.5) is 0 Å². The van der Waals surface area contributed by atoms with Gasteiger partial charge in [0.05, 0.1) is 12.5 Å². The predicted molar refractivity (Wildman–Crippen MR) is 90.5 cm³/mol. The van der Waals surface area contributed by atoms with Gasteiger partial charge >= 0.3 is 0 Å². The molecule has 1 saturated heterocycles. The summed E-state index contributed by atoms with van der Waals surface area (Å²) < 4.78 is 5.52. The summed E-state index contributed by atoms with van der Waals surface area (Å²) in [5.74, 6) is 1.43. The van der Waals surface area contributed by atoms with Crippen LogP contribution in [0.15, 0.2) is 28.7 Å². The normalized spacial score (nSPS) is 17.0. The number of nitrogens with zero attached hydrogens (tertiary/aromatic N) is 4. The van der Waals surface area contributed by atoms with Crippen LogP contribution in [0.1, 0.15) is 35.9 Å². The van der Waals surface area contributed by atoms with Crippen LogP contribution in [-0.4, -0.2) is 52.1 Å². The summed E-state index contributed by atoms with van der Waals surface area (Å²) in [5.41, 5.74) is 2.28. The fourth-order valence-corrected chi connectivity index (χ4v) is 3.08. The smallest absolute Gasteiger partial charge is 0.233 e. The quantitative estimate of drug-likeness (QED) is 0.860. The Morgan fingerprint density at radius 2 is 1.88 bits per heavy atom. The molecular weight excluding hydrogens is 304 g/mol. The highest BCUT2D eigenvalue weighted by atomic mass is 16.4. The number of aromatic nitrogens is 2. The van der Waals surface area contributed by atoms with Crippen molar-refractivity contribution < 1.29 is 9.21 Å². The first-order valence-electron chi connectivity index (χ1n) is 8.41. The molecule has 0 aliphatic carbocycles. The Morgan fingerprint density at radius 3 is 2.50 bits per heavy atom. The van der Waals surface area contributed by atoms with Gasteiger partial charge in [-0.1, -0.05) is 24.3 Å². The Hall–Kier alpha value is -2.21. The molecule has 6 nitrogen and oxygen atoms in total. The maximum atomic E-state index is 12.5. The highest BCUT2D eigenvalue weighted by Crippen LogP contribution is 2.20. The molecule has 2 heterocycles. The van der Waals surface area contributed by atoms with Gasteiger partial charge in [0.25, 0.3) is 0 Å². The van der Waals surface area contributed by atoms with Crippen molar-refractivity contribution in [2.24, 2.45) is 0 Å². The van der Waals surface area contributed by atoms with Gasteiger partial charge in [-0.2, -0.15) is 0 Å². The van der Waals surface area contributed by atoms with Crippen LogP contribution in [0.3, 0.4) is 0 Å². The third kappa shape index (κ3) is 3.64. The van der Waals surface area contributed by atoms with Crippen molar-refractivity contribution in [3.05, 3.63) is 47.2 Å². The van der Waals surface area contributed by atoms with Crippen LogP contribution in [0, 0.1) is 13.8 Å². The van der Waals surface area contributed by atoms with E-state index in [-0.39, 0.29) is 11.9 Å². The molecule has 0 spiro atoms. The minimum atomic E-state index is 0.0832. The zero-order valence-electron chi connectivity index (χ0n) is 14.5. The van der Waals surface area contributed by atoms with Gasteiger partial charge in [-0.3, -0.25) is 9.69 Å². The maximum Gasteiger partial charge on any atom is 0.233 e. The van der Waals surface area contributed by atoms with E-state index in [1.54, 1.807) is 6.92 Å². The number of hydrogen-bond donors (Lipinski definition) is 0. The molecule has 128 valence electrons. The highest BCUT2D eigenvalue weighted by Gasteiger charge is 2.27. The molecule has 1 aliphatic heterocycles. The van der Waals surface area contributed by atoms with Crippen LogP contribution in [-0.2, 0) is 11.2 Å². The van der Waals surface area contributed by atoms with E-state index >= 15 is 0 Å². The molecule has 1 fully saturated rings. The second-order valence-corrected chi connectivity index (χ2v) is 6.36. The lowest BCUT2D eigenvalue weighted by atomic mass is 10.1. The highest BCUT2D eigenvalue weighted by molar-refractivity contribution is 5.79. The molecule has 0 bridgehead atoms. The van der Waals surface area contributed by atoms with Crippen LogP contribution in [0.5, 0.6) is 0 Å². The minimum absolute atomic E-state index is 0.0832. The number of carbonyl (C=O) groups is 1. The molecule has 0 radical (unpaired) electrons. The molecule has 1 aliphatic rings. The lowest BCUT2D eigenvalue weighted by Crippen LogP contribution is -2.49. The summed E-state index contributed by atoms with van der Waals surface area (Å²) in [4.78, 5) is 16.8. The summed E-state index contributed by atoms with van der Waals surface area (Å²) >= 11 is 0. The van der Waals surface area contributed by atoms with Gasteiger partial charge in [0.1, 0.15) is 0 Å². The van der Waals surface area contributed by atoms with Crippen molar-refractivity contribution in [1.29, 1.82) is 0 Å². The Labute approximate surface area is 142 Å². The largest absolute Gasteiger partial charge is 0.424 e. The average Bonchev–Trinajstić information content (AvgIpc) is 3.03. The van der Waals surface area contributed by atoms with E-state index in [0.29, 0.717) is 18.2 Å². The molecule has 0 unspecified atom stereocenters. The molecule has 0 saturated carbocycles. The van der Waals surface area contributed by atoms with E-state index in [9.17, 15) is 4.79 Å². The molecule has 1 atom stereocenters. The molecular formula is C18H24N4O2. The zero-order valence-corrected chi connectivity index (χ0v) is 14.5. The van der Waals surface area contributed by atoms with Gasteiger partial charge in [0.15, 0.2) is 0 Å². The number of rotatable bonds is 4. The fraction of sp³-hybridized carbons (Fsp3) is 0.500. The number of piperazine rings is 1. The van der Waals surface area contributed by atoms with Gasteiger partial charge in [-0.05, 0) is 25.0 Å². The van der Waals surface area contributed by atoms with Crippen molar-refractivity contribution in [2.75, 3.05) is 26.2 Å². The lowest BCUT2D eigenvalue weighted by Gasteiger charge is -2.37.